The highest BCUT2D eigenvalue weighted by Gasteiger charge is 2.17. The van der Waals surface area contributed by atoms with Crippen molar-refractivity contribution >= 4 is 17.6 Å². The maximum atomic E-state index is 5.55. The summed E-state index contributed by atoms with van der Waals surface area (Å²) in [7, 11) is 2.19. The molecule has 1 aliphatic rings. The topological polar surface area (TPSA) is 42.1 Å². The van der Waals surface area contributed by atoms with E-state index in [1.54, 1.807) is 0 Å². The second kappa shape index (κ2) is 4.86. The van der Waals surface area contributed by atoms with Crippen molar-refractivity contribution in [3.63, 3.8) is 0 Å². The Morgan fingerprint density at radius 2 is 2.13 bits per heavy atom. The van der Waals surface area contributed by atoms with Crippen LogP contribution < -0.4 is 5.73 Å². The Kier molecular flexibility index (Phi) is 3.49. The lowest BCUT2D eigenvalue weighted by Gasteiger charge is -2.28. The number of hydrogen-bond donors (Lipinski definition) is 1. The Balaban J connectivity index is 1.89. The smallest absolute Gasteiger partial charge is 0.123 e. The fourth-order valence-corrected chi connectivity index (χ4v) is 2.85. The van der Waals surface area contributed by atoms with Gasteiger partial charge in [0.25, 0.3) is 0 Å². The van der Waals surface area contributed by atoms with Crippen molar-refractivity contribution in [3.8, 4) is 0 Å². The van der Waals surface area contributed by atoms with Crippen LogP contribution in [0.5, 0.6) is 0 Å². The van der Waals surface area contributed by atoms with E-state index in [4.69, 9.17) is 5.73 Å². The van der Waals surface area contributed by atoms with Gasteiger partial charge in [0.2, 0.25) is 0 Å². The molecule has 0 aromatic carbocycles. The maximum Gasteiger partial charge on any atom is 0.123 e. The summed E-state index contributed by atoms with van der Waals surface area (Å²) in [5.41, 5.74) is 5.55. The zero-order chi connectivity index (χ0) is 10.7. The van der Waals surface area contributed by atoms with Gasteiger partial charge in [0.05, 0.1) is 0 Å². The molecule has 1 saturated heterocycles. The van der Waals surface area contributed by atoms with Crippen LogP contribution in [-0.4, -0.2) is 35.3 Å². The van der Waals surface area contributed by atoms with E-state index in [2.05, 4.69) is 23.0 Å². The number of nitrogens with two attached hydrogens (primary N) is 1. The standard InChI is InChI=1S/C11H17N3S/c1-14-6-4-9(5-7-14)15-10-2-3-11(12)13-8-10/h2-3,8-9H,4-7H2,1H3,(H2,12,13). The molecular formula is C11H17N3S. The van der Waals surface area contributed by atoms with Gasteiger partial charge in [0.1, 0.15) is 5.82 Å². The summed E-state index contributed by atoms with van der Waals surface area (Å²) in [4.78, 5) is 7.73. The van der Waals surface area contributed by atoms with Crippen LogP contribution in [0.25, 0.3) is 0 Å². The number of piperidine rings is 1. The molecule has 2 rings (SSSR count). The van der Waals surface area contributed by atoms with Crippen molar-refractivity contribution in [2.24, 2.45) is 0 Å². The molecule has 2 heterocycles. The molecule has 15 heavy (non-hydrogen) atoms. The summed E-state index contributed by atoms with van der Waals surface area (Å²) in [5.74, 6) is 0.600. The summed E-state index contributed by atoms with van der Waals surface area (Å²) in [5, 5.41) is 0.742. The third-order valence-electron chi connectivity index (χ3n) is 2.73. The number of nitrogen functional groups attached to an aromatic ring is 1. The van der Waals surface area contributed by atoms with Crippen LogP contribution in [0.4, 0.5) is 5.82 Å². The van der Waals surface area contributed by atoms with Crippen LogP contribution in [-0.2, 0) is 0 Å². The molecule has 0 bridgehead atoms. The highest BCUT2D eigenvalue weighted by Crippen LogP contribution is 2.29. The third kappa shape index (κ3) is 3.11. The number of rotatable bonds is 2. The molecule has 0 atom stereocenters. The molecule has 1 aromatic rings. The lowest BCUT2D eigenvalue weighted by atomic mass is 10.1. The largest absolute Gasteiger partial charge is 0.384 e. The number of likely N-dealkylation sites (tertiary alicyclic amines) is 1. The van der Waals surface area contributed by atoms with E-state index in [1.165, 1.54) is 30.8 Å². The van der Waals surface area contributed by atoms with Gasteiger partial charge < -0.3 is 10.6 Å². The average Bonchev–Trinajstić information content (AvgIpc) is 2.25. The highest BCUT2D eigenvalue weighted by atomic mass is 32.2. The zero-order valence-corrected chi connectivity index (χ0v) is 9.83. The number of aromatic nitrogens is 1. The van der Waals surface area contributed by atoms with Crippen molar-refractivity contribution in [2.75, 3.05) is 25.9 Å². The Labute approximate surface area is 95.1 Å². The molecule has 0 amide bonds. The molecule has 4 heteroatoms. The van der Waals surface area contributed by atoms with E-state index in [9.17, 15) is 0 Å². The molecule has 1 aromatic heterocycles. The predicted octanol–water partition coefficient (Wildman–Crippen LogP) is 1.85. The average molecular weight is 223 g/mol. The van der Waals surface area contributed by atoms with Crippen LogP contribution in [0.1, 0.15) is 12.8 Å². The zero-order valence-electron chi connectivity index (χ0n) is 9.02. The van der Waals surface area contributed by atoms with Crippen molar-refractivity contribution in [1.29, 1.82) is 0 Å². The first-order valence-corrected chi connectivity index (χ1v) is 6.19. The van der Waals surface area contributed by atoms with Gasteiger partial charge in [-0.2, -0.15) is 0 Å². The minimum atomic E-state index is 0.600. The van der Waals surface area contributed by atoms with Crippen molar-refractivity contribution < 1.29 is 0 Å². The first-order valence-electron chi connectivity index (χ1n) is 5.31. The minimum Gasteiger partial charge on any atom is -0.384 e. The third-order valence-corrected chi connectivity index (χ3v) is 4.05. The second-order valence-corrected chi connectivity index (χ2v) is 5.41. The Morgan fingerprint density at radius 1 is 1.40 bits per heavy atom. The van der Waals surface area contributed by atoms with Crippen LogP contribution >= 0.6 is 11.8 Å². The van der Waals surface area contributed by atoms with Gasteiger partial charge in [0.15, 0.2) is 0 Å². The molecule has 1 aliphatic heterocycles. The van der Waals surface area contributed by atoms with Gasteiger partial charge in [-0.1, -0.05) is 0 Å². The number of hydrogen-bond acceptors (Lipinski definition) is 4. The Morgan fingerprint density at radius 3 is 2.73 bits per heavy atom. The van der Waals surface area contributed by atoms with Crippen molar-refractivity contribution in [1.82, 2.24) is 9.88 Å². The maximum absolute atomic E-state index is 5.55. The molecular weight excluding hydrogens is 206 g/mol. The second-order valence-electron chi connectivity index (χ2n) is 4.04. The van der Waals surface area contributed by atoms with Gasteiger partial charge in [0, 0.05) is 16.3 Å². The number of thioether (sulfide) groups is 1. The molecule has 0 spiro atoms. The van der Waals surface area contributed by atoms with Crippen LogP contribution in [0, 0.1) is 0 Å². The normalized spacial score (nSPS) is 19.3. The van der Waals surface area contributed by atoms with E-state index in [0.29, 0.717) is 5.82 Å². The lowest BCUT2D eigenvalue weighted by Crippen LogP contribution is -2.31. The lowest BCUT2D eigenvalue weighted by molar-refractivity contribution is 0.282. The summed E-state index contributed by atoms with van der Waals surface area (Å²) in [6.45, 7) is 2.42. The van der Waals surface area contributed by atoms with Crippen molar-refractivity contribution in [2.45, 2.75) is 23.0 Å². The van der Waals surface area contributed by atoms with E-state index in [0.717, 1.165) is 5.25 Å². The molecule has 0 radical (unpaired) electrons. The molecule has 1 fully saturated rings. The Bertz CT molecular complexity index is 304. The van der Waals surface area contributed by atoms with Gasteiger partial charge >= 0.3 is 0 Å². The fraction of sp³-hybridized carbons (Fsp3) is 0.545. The number of anilines is 1. The molecule has 0 aliphatic carbocycles. The summed E-state index contributed by atoms with van der Waals surface area (Å²) in [6, 6.07) is 3.93. The first kappa shape index (κ1) is 10.8. The first-order chi connectivity index (χ1) is 7.24. The van der Waals surface area contributed by atoms with Crippen molar-refractivity contribution in [3.05, 3.63) is 18.3 Å². The predicted molar refractivity (Wildman–Crippen MR) is 65.0 cm³/mol. The molecule has 0 saturated carbocycles. The summed E-state index contributed by atoms with van der Waals surface area (Å²) >= 11 is 1.93. The van der Waals surface area contributed by atoms with Gasteiger partial charge in [-0.3, -0.25) is 0 Å². The molecule has 0 unspecified atom stereocenters. The minimum absolute atomic E-state index is 0.600. The Hall–Kier alpha value is -0.740. The van der Waals surface area contributed by atoms with Gasteiger partial charge in [-0.25, -0.2) is 4.98 Å². The molecule has 2 N–H and O–H groups in total. The van der Waals surface area contributed by atoms with E-state index >= 15 is 0 Å². The number of nitrogens with zero attached hydrogens (tertiary/aromatic N) is 2. The highest BCUT2D eigenvalue weighted by molar-refractivity contribution is 8.00. The van der Waals surface area contributed by atoms with Gasteiger partial charge in [-0.15, -0.1) is 11.8 Å². The monoisotopic (exact) mass is 223 g/mol. The summed E-state index contributed by atoms with van der Waals surface area (Å²) < 4.78 is 0. The van der Waals surface area contributed by atoms with Crippen LogP contribution in [0.15, 0.2) is 23.2 Å². The van der Waals surface area contributed by atoms with Gasteiger partial charge in [-0.05, 0) is 45.1 Å². The number of pyridine rings is 1. The SMILES string of the molecule is CN1CCC(Sc2ccc(N)nc2)CC1. The fourth-order valence-electron chi connectivity index (χ4n) is 1.76. The quantitative estimate of drug-likeness (QED) is 0.831. The molecule has 82 valence electrons. The summed E-state index contributed by atoms with van der Waals surface area (Å²) in [6.07, 6.45) is 4.41. The molecule has 3 nitrogen and oxygen atoms in total. The van der Waals surface area contributed by atoms with E-state index in [1.807, 2.05) is 24.0 Å². The van der Waals surface area contributed by atoms with Crippen LogP contribution in [0.3, 0.4) is 0 Å². The van der Waals surface area contributed by atoms with Crippen LogP contribution in [0.2, 0.25) is 0 Å². The van der Waals surface area contributed by atoms with E-state index in [-0.39, 0.29) is 0 Å². The van der Waals surface area contributed by atoms with E-state index < -0.39 is 0 Å².